The molecule has 102 valence electrons. The van der Waals surface area contributed by atoms with Crippen molar-refractivity contribution in [3.05, 3.63) is 35.6 Å². The Balaban J connectivity index is 1.72. The first-order chi connectivity index (χ1) is 9.13. The van der Waals surface area contributed by atoms with E-state index in [1.165, 1.54) is 12.1 Å². The minimum Gasteiger partial charge on any atom is -0.343 e. The van der Waals surface area contributed by atoms with Crippen molar-refractivity contribution in [2.45, 2.75) is 12.1 Å². The Labute approximate surface area is 112 Å². The lowest BCUT2D eigenvalue weighted by atomic mass is 10.00. The topological polar surface area (TPSA) is 35.6 Å². The Bertz CT molecular complexity index is 476. The second-order valence-corrected chi connectivity index (χ2v) is 5.37. The van der Waals surface area contributed by atoms with Gasteiger partial charge >= 0.3 is 0 Å². The highest BCUT2D eigenvalue weighted by molar-refractivity contribution is 5.78. The molecule has 1 N–H and O–H groups in total. The van der Waals surface area contributed by atoms with Crippen LogP contribution in [0.5, 0.6) is 0 Å². The number of nitrogens with one attached hydrogen (secondary N) is 1. The maximum Gasteiger partial charge on any atom is 0.236 e. The van der Waals surface area contributed by atoms with Crippen molar-refractivity contribution < 1.29 is 9.18 Å². The van der Waals surface area contributed by atoms with Gasteiger partial charge in [0, 0.05) is 38.8 Å². The second kappa shape index (κ2) is 4.90. The van der Waals surface area contributed by atoms with Crippen molar-refractivity contribution in [3.63, 3.8) is 0 Å². The monoisotopic (exact) mass is 263 g/mol. The Morgan fingerprint density at radius 3 is 2.74 bits per heavy atom. The average Bonchev–Trinajstić information content (AvgIpc) is 2.40. The van der Waals surface area contributed by atoms with E-state index in [2.05, 4.69) is 10.2 Å². The molecule has 4 nitrogen and oxygen atoms in total. The van der Waals surface area contributed by atoms with E-state index in [4.69, 9.17) is 0 Å². The first kappa shape index (κ1) is 12.6. The molecule has 2 aliphatic rings. The van der Waals surface area contributed by atoms with Crippen LogP contribution in [-0.4, -0.2) is 55.0 Å². The number of fused-ring (bicyclic) bond motifs is 1. The van der Waals surface area contributed by atoms with Crippen LogP contribution in [0, 0.1) is 5.82 Å². The Kier molecular flexibility index (Phi) is 3.24. The van der Waals surface area contributed by atoms with Crippen LogP contribution in [0.4, 0.5) is 4.39 Å². The summed E-state index contributed by atoms with van der Waals surface area (Å²) in [6, 6.07) is 7.15. The largest absolute Gasteiger partial charge is 0.343 e. The SMILES string of the molecule is CN1CC2CNC(c3ccc(F)cc3)CN2CC1=O. The number of hydrogen-bond donors (Lipinski definition) is 1. The zero-order valence-electron chi connectivity index (χ0n) is 11.0. The number of rotatable bonds is 1. The average molecular weight is 263 g/mol. The summed E-state index contributed by atoms with van der Waals surface area (Å²) >= 11 is 0. The lowest BCUT2D eigenvalue weighted by Crippen LogP contribution is -2.62. The summed E-state index contributed by atoms with van der Waals surface area (Å²) in [4.78, 5) is 15.8. The molecule has 0 saturated carbocycles. The van der Waals surface area contributed by atoms with Gasteiger partial charge in [0.05, 0.1) is 6.54 Å². The quantitative estimate of drug-likeness (QED) is 0.806. The van der Waals surface area contributed by atoms with Crippen LogP contribution in [0.25, 0.3) is 0 Å². The smallest absolute Gasteiger partial charge is 0.236 e. The first-order valence-corrected chi connectivity index (χ1v) is 6.60. The van der Waals surface area contributed by atoms with Crippen molar-refractivity contribution in [2.24, 2.45) is 0 Å². The Morgan fingerprint density at radius 1 is 1.26 bits per heavy atom. The van der Waals surface area contributed by atoms with Crippen LogP contribution in [-0.2, 0) is 4.79 Å². The molecule has 0 spiro atoms. The molecule has 2 unspecified atom stereocenters. The van der Waals surface area contributed by atoms with E-state index in [-0.39, 0.29) is 17.8 Å². The Morgan fingerprint density at radius 2 is 2.00 bits per heavy atom. The molecule has 19 heavy (non-hydrogen) atoms. The molecule has 0 radical (unpaired) electrons. The number of nitrogens with zero attached hydrogens (tertiary/aromatic N) is 2. The van der Waals surface area contributed by atoms with Crippen molar-refractivity contribution in [3.8, 4) is 0 Å². The summed E-state index contributed by atoms with van der Waals surface area (Å²) < 4.78 is 12.9. The van der Waals surface area contributed by atoms with Crippen molar-refractivity contribution >= 4 is 5.91 Å². The third kappa shape index (κ3) is 2.48. The lowest BCUT2D eigenvalue weighted by Gasteiger charge is -2.45. The molecule has 1 aromatic rings. The molecule has 2 fully saturated rings. The zero-order valence-corrected chi connectivity index (χ0v) is 11.0. The van der Waals surface area contributed by atoms with Gasteiger partial charge in [-0.1, -0.05) is 12.1 Å². The molecule has 2 saturated heterocycles. The number of amides is 1. The van der Waals surface area contributed by atoms with Crippen LogP contribution in [0.3, 0.4) is 0 Å². The predicted octanol–water partition coefficient (Wildman–Crippen LogP) is 0.613. The highest BCUT2D eigenvalue weighted by Gasteiger charge is 2.35. The van der Waals surface area contributed by atoms with Gasteiger partial charge in [0.15, 0.2) is 0 Å². The van der Waals surface area contributed by atoms with E-state index in [0.29, 0.717) is 12.6 Å². The molecule has 3 rings (SSSR count). The van der Waals surface area contributed by atoms with E-state index in [1.54, 1.807) is 4.90 Å². The van der Waals surface area contributed by atoms with E-state index < -0.39 is 0 Å². The maximum atomic E-state index is 12.9. The first-order valence-electron chi connectivity index (χ1n) is 6.60. The van der Waals surface area contributed by atoms with Crippen LogP contribution >= 0.6 is 0 Å². The van der Waals surface area contributed by atoms with Gasteiger partial charge < -0.3 is 10.2 Å². The molecular formula is C14H18FN3O. The number of benzene rings is 1. The molecule has 2 aliphatic heterocycles. The van der Waals surface area contributed by atoms with Crippen LogP contribution < -0.4 is 5.32 Å². The van der Waals surface area contributed by atoms with Crippen molar-refractivity contribution in [2.75, 3.05) is 33.2 Å². The van der Waals surface area contributed by atoms with Crippen molar-refractivity contribution in [1.82, 2.24) is 15.1 Å². The number of piperazine rings is 2. The van der Waals surface area contributed by atoms with Crippen LogP contribution in [0.1, 0.15) is 11.6 Å². The predicted molar refractivity (Wildman–Crippen MR) is 70.1 cm³/mol. The van der Waals surface area contributed by atoms with Gasteiger partial charge in [-0.15, -0.1) is 0 Å². The molecule has 2 atom stereocenters. The highest BCUT2D eigenvalue weighted by Crippen LogP contribution is 2.22. The molecule has 1 aromatic carbocycles. The van der Waals surface area contributed by atoms with Gasteiger partial charge in [-0.25, -0.2) is 4.39 Å². The number of hydrogen-bond acceptors (Lipinski definition) is 3. The van der Waals surface area contributed by atoms with E-state index in [9.17, 15) is 9.18 Å². The minimum atomic E-state index is -0.216. The molecule has 1 amide bonds. The zero-order chi connectivity index (χ0) is 13.4. The fourth-order valence-corrected chi connectivity index (χ4v) is 2.86. The van der Waals surface area contributed by atoms with Crippen molar-refractivity contribution in [1.29, 1.82) is 0 Å². The number of carbonyl (C=O) groups excluding carboxylic acids is 1. The number of halogens is 1. The number of carbonyl (C=O) groups is 1. The number of likely N-dealkylation sites (N-methyl/N-ethyl adjacent to an activating group) is 1. The van der Waals surface area contributed by atoms with Gasteiger partial charge in [-0.3, -0.25) is 9.69 Å². The van der Waals surface area contributed by atoms with E-state index in [0.717, 1.165) is 25.2 Å². The molecule has 0 bridgehead atoms. The summed E-state index contributed by atoms with van der Waals surface area (Å²) in [5.74, 6) is -0.0387. The molecule has 0 aromatic heterocycles. The van der Waals surface area contributed by atoms with E-state index in [1.807, 2.05) is 19.2 Å². The fourth-order valence-electron chi connectivity index (χ4n) is 2.86. The minimum absolute atomic E-state index is 0.174. The summed E-state index contributed by atoms with van der Waals surface area (Å²) in [6.45, 7) is 2.93. The van der Waals surface area contributed by atoms with Gasteiger partial charge in [0.1, 0.15) is 5.82 Å². The molecule has 0 aliphatic carbocycles. The lowest BCUT2D eigenvalue weighted by molar-refractivity contribution is -0.137. The van der Waals surface area contributed by atoms with Gasteiger partial charge in [0.2, 0.25) is 5.91 Å². The van der Waals surface area contributed by atoms with Gasteiger partial charge in [-0.05, 0) is 17.7 Å². The Hall–Kier alpha value is -1.46. The van der Waals surface area contributed by atoms with Crippen LogP contribution in [0.15, 0.2) is 24.3 Å². The molecule has 2 heterocycles. The molecular weight excluding hydrogens is 245 g/mol. The van der Waals surface area contributed by atoms with E-state index >= 15 is 0 Å². The highest BCUT2D eigenvalue weighted by atomic mass is 19.1. The van der Waals surface area contributed by atoms with Gasteiger partial charge in [-0.2, -0.15) is 0 Å². The third-order valence-electron chi connectivity index (χ3n) is 4.05. The maximum absolute atomic E-state index is 12.9. The summed E-state index contributed by atoms with van der Waals surface area (Å²) in [6.07, 6.45) is 0. The van der Waals surface area contributed by atoms with Gasteiger partial charge in [0.25, 0.3) is 0 Å². The third-order valence-corrected chi connectivity index (χ3v) is 4.05. The summed E-state index contributed by atoms with van der Waals surface area (Å²) in [5, 5.41) is 3.49. The normalized spacial score (nSPS) is 28.3. The fraction of sp³-hybridized carbons (Fsp3) is 0.500. The summed E-state index contributed by atoms with van der Waals surface area (Å²) in [7, 11) is 1.85. The molecule has 5 heteroatoms. The van der Waals surface area contributed by atoms with Crippen LogP contribution in [0.2, 0.25) is 0 Å². The standard InChI is InChI=1S/C14H18FN3O/c1-17-7-12-6-16-13(8-18(12)9-14(17)19)10-2-4-11(15)5-3-10/h2-5,12-13,16H,6-9H2,1H3. The second-order valence-electron chi connectivity index (χ2n) is 5.37. The summed E-state index contributed by atoms with van der Waals surface area (Å²) in [5.41, 5.74) is 1.08.